The zero-order valence-electron chi connectivity index (χ0n) is 12.7. The van der Waals surface area contributed by atoms with Gasteiger partial charge >= 0.3 is 0 Å². The maximum atomic E-state index is 12.4. The van der Waals surface area contributed by atoms with Crippen molar-refractivity contribution < 1.29 is 4.52 Å². The molecule has 3 heterocycles. The van der Waals surface area contributed by atoms with Crippen LogP contribution in [0.2, 0.25) is 0 Å². The second-order valence-electron chi connectivity index (χ2n) is 5.38. The molecule has 0 aliphatic carbocycles. The van der Waals surface area contributed by atoms with Gasteiger partial charge in [0, 0.05) is 23.0 Å². The van der Waals surface area contributed by atoms with E-state index in [0.29, 0.717) is 16.8 Å². The number of rotatable bonds is 2. The molecule has 0 saturated carbocycles. The summed E-state index contributed by atoms with van der Waals surface area (Å²) in [6, 6.07) is 9.79. The van der Waals surface area contributed by atoms with E-state index in [1.54, 1.807) is 0 Å². The van der Waals surface area contributed by atoms with Crippen molar-refractivity contribution >= 4 is 11.0 Å². The van der Waals surface area contributed by atoms with Crippen LogP contribution in [-0.2, 0) is 0 Å². The Bertz CT molecular complexity index is 1040. The van der Waals surface area contributed by atoms with E-state index in [1.165, 1.54) is 6.33 Å². The Labute approximate surface area is 131 Å². The minimum Gasteiger partial charge on any atom is -0.361 e. The molecule has 4 aromatic rings. The fraction of sp³-hybridized carbons (Fsp3) is 0.118. The summed E-state index contributed by atoms with van der Waals surface area (Å²) in [6.45, 7) is 3.70. The molecule has 0 aliphatic rings. The van der Waals surface area contributed by atoms with Gasteiger partial charge in [-0.2, -0.15) is 0 Å². The molecular weight excluding hydrogens is 292 g/mol. The first-order valence-corrected chi connectivity index (χ1v) is 7.24. The van der Waals surface area contributed by atoms with E-state index in [-0.39, 0.29) is 5.56 Å². The number of aromatic nitrogens is 4. The van der Waals surface area contributed by atoms with Crippen molar-refractivity contribution in [2.75, 3.05) is 0 Å². The topological polar surface area (TPSA) is 76.7 Å². The fourth-order valence-corrected chi connectivity index (χ4v) is 2.91. The molecule has 0 radical (unpaired) electrons. The first-order valence-electron chi connectivity index (χ1n) is 7.24. The Morgan fingerprint density at radius 3 is 2.65 bits per heavy atom. The van der Waals surface area contributed by atoms with Crippen molar-refractivity contribution in [1.29, 1.82) is 0 Å². The molecule has 0 aliphatic heterocycles. The Morgan fingerprint density at radius 2 is 1.96 bits per heavy atom. The van der Waals surface area contributed by atoms with E-state index < -0.39 is 0 Å². The third-order valence-corrected chi connectivity index (χ3v) is 3.93. The molecule has 114 valence electrons. The van der Waals surface area contributed by atoms with Crippen LogP contribution in [0.3, 0.4) is 0 Å². The molecule has 0 fully saturated rings. The second-order valence-corrected chi connectivity index (χ2v) is 5.38. The fourth-order valence-electron chi connectivity index (χ4n) is 2.91. The van der Waals surface area contributed by atoms with Crippen LogP contribution in [0.5, 0.6) is 0 Å². The van der Waals surface area contributed by atoms with Gasteiger partial charge in [-0.15, -0.1) is 0 Å². The van der Waals surface area contributed by atoms with Crippen LogP contribution in [0.4, 0.5) is 0 Å². The summed E-state index contributed by atoms with van der Waals surface area (Å²) in [5.74, 6) is 0.679. The first kappa shape index (κ1) is 13.5. The third kappa shape index (κ3) is 1.99. The average Bonchev–Trinajstić information content (AvgIpc) is 3.09. The standard InChI is InChI=1S/C17H14N4O2/c1-10-14(11(2)23-20-10)13-8-21(12-6-4-3-5-7-12)16-15(13)17(22)19-9-18-16/h3-9H,1-2H3,(H,18,19,22). The average molecular weight is 306 g/mol. The van der Waals surface area contributed by atoms with Crippen molar-refractivity contribution in [3.63, 3.8) is 0 Å². The minimum absolute atomic E-state index is 0.181. The van der Waals surface area contributed by atoms with Crippen molar-refractivity contribution in [2.24, 2.45) is 0 Å². The zero-order chi connectivity index (χ0) is 16.0. The van der Waals surface area contributed by atoms with Crippen LogP contribution in [0.1, 0.15) is 11.5 Å². The van der Waals surface area contributed by atoms with E-state index in [2.05, 4.69) is 15.1 Å². The number of hydrogen-bond donors (Lipinski definition) is 1. The Hall–Kier alpha value is -3.15. The molecule has 3 aromatic heterocycles. The quantitative estimate of drug-likeness (QED) is 0.617. The third-order valence-electron chi connectivity index (χ3n) is 3.93. The zero-order valence-corrected chi connectivity index (χ0v) is 12.7. The number of para-hydroxylation sites is 1. The highest BCUT2D eigenvalue weighted by Crippen LogP contribution is 2.33. The van der Waals surface area contributed by atoms with Gasteiger partial charge in [-0.25, -0.2) is 4.98 Å². The highest BCUT2D eigenvalue weighted by Gasteiger charge is 2.20. The normalized spacial score (nSPS) is 11.2. The summed E-state index contributed by atoms with van der Waals surface area (Å²) >= 11 is 0. The SMILES string of the molecule is Cc1noc(C)c1-c1cn(-c2ccccc2)c2nc[nH]c(=O)c12. The highest BCUT2D eigenvalue weighted by atomic mass is 16.5. The van der Waals surface area contributed by atoms with Crippen LogP contribution in [-0.4, -0.2) is 19.7 Å². The lowest BCUT2D eigenvalue weighted by atomic mass is 10.1. The number of benzene rings is 1. The van der Waals surface area contributed by atoms with Gasteiger partial charge in [0.2, 0.25) is 0 Å². The molecule has 4 rings (SSSR count). The summed E-state index contributed by atoms with van der Waals surface area (Å²) < 4.78 is 7.17. The van der Waals surface area contributed by atoms with Gasteiger partial charge in [-0.3, -0.25) is 4.79 Å². The minimum atomic E-state index is -0.181. The number of H-pyrrole nitrogens is 1. The van der Waals surface area contributed by atoms with Gasteiger partial charge in [-0.1, -0.05) is 23.4 Å². The smallest absolute Gasteiger partial charge is 0.260 e. The number of hydrogen-bond acceptors (Lipinski definition) is 4. The van der Waals surface area contributed by atoms with Crippen LogP contribution >= 0.6 is 0 Å². The van der Waals surface area contributed by atoms with E-state index in [9.17, 15) is 4.79 Å². The van der Waals surface area contributed by atoms with Crippen LogP contribution in [0, 0.1) is 13.8 Å². The predicted octanol–water partition coefficient (Wildman–Crippen LogP) is 2.99. The Balaban J connectivity index is 2.13. The van der Waals surface area contributed by atoms with Gasteiger partial charge in [0.25, 0.3) is 5.56 Å². The lowest BCUT2D eigenvalue weighted by Gasteiger charge is -2.02. The van der Waals surface area contributed by atoms with Crippen molar-refractivity contribution in [1.82, 2.24) is 19.7 Å². The van der Waals surface area contributed by atoms with Gasteiger partial charge in [0.05, 0.1) is 17.4 Å². The van der Waals surface area contributed by atoms with E-state index >= 15 is 0 Å². The van der Waals surface area contributed by atoms with Gasteiger partial charge < -0.3 is 14.1 Å². The number of aryl methyl sites for hydroxylation is 2. The molecule has 0 unspecified atom stereocenters. The summed E-state index contributed by atoms with van der Waals surface area (Å²) in [6.07, 6.45) is 3.33. The monoisotopic (exact) mass is 306 g/mol. The number of aromatic amines is 1. The maximum absolute atomic E-state index is 12.4. The van der Waals surface area contributed by atoms with E-state index in [1.807, 2.05) is 54.9 Å². The van der Waals surface area contributed by atoms with Crippen LogP contribution in [0.25, 0.3) is 27.8 Å². The lowest BCUT2D eigenvalue weighted by Crippen LogP contribution is -2.07. The summed E-state index contributed by atoms with van der Waals surface area (Å²) in [7, 11) is 0. The molecule has 6 nitrogen and oxygen atoms in total. The molecular formula is C17H14N4O2. The van der Waals surface area contributed by atoms with E-state index in [0.717, 1.165) is 22.5 Å². The molecule has 1 N–H and O–H groups in total. The predicted molar refractivity (Wildman–Crippen MR) is 86.7 cm³/mol. The summed E-state index contributed by atoms with van der Waals surface area (Å²) in [5, 5.41) is 4.53. The van der Waals surface area contributed by atoms with Gasteiger partial charge in [0.1, 0.15) is 5.76 Å². The molecule has 1 aromatic carbocycles. The Kier molecular flexibility index (Phi) is 2.90. The van der Waals surface area contributed by atoms with Gasteiger partial charge in [-0.05, 0) is 26.0 Å². The first-order chi connectivity index (χ1) is 11.2. The maximum Gasteiger partial charge on any atom is 0.260 e. The number of fused-ring (bicyclic) bond motifs is 1. The van der Waals surface area contributed by atoms with Crippen LogP contribution < -0.4 is 5.56 Å². The lowest BCUT2D eigenvalue weighted by molar-refractivity contribution is 0.393. The van der Waals surface area contributed by atoms with Crippen molar-refractivity contribution in [2.45, 2.75) is 13.8 Å². The van der Waals surface area contributed by atoms with E-state index in [4.69, 9.17) is 4.52 Å². The Morgan fingerprint density at radius 1 is 1.17 bits per heavy atom. The van der Waals surface area contributed by atoms with Crippen molar-refractivity contribution in [3.8, 4) is 16.8 Å². The number of nitrogens with one attached hydrogen (secondary N) is 1. The molecule has 6 heteroatoms. The van der Waals surface area contributed by atoms with Gasteiger partial charge in [0.15, 0.2) is 5.65 Å². The number of nitrogens with zero attached hydrogens (tertiary/aromatic N) is 3. The molecule has 0 atom stereocenters. The molecule has 0 spiro atoms. The molecule has 0 amide bonds. The molecule has 0 saturated heterocycles. The highest BCUT2D eigenvalue weighted by molar-refractivity contribution is 5.95. The summed E-state index contributed by atoms with van der Waals surface area (Å²) in [4.78, 5) is 19.4. The second kappa shape index (κ2) is 4.95. The van der Waals surface area contributed by atoms with Crippen molar-refractivity contribution in [3.05, 3.63) is 64.7 Å². The molecule has 0 bridgehead atoms. The summed E-state index contributed by atoms with van der Waals surface area (Å²) in [5.41, 5.74) is 3.72. The van der Waals surface area contributed by atoms with Crippen LogP contribution in [0.15, 0.2) is 52.2 Å². The molecule has 23 heavy (non-hydrogen) atoms. The largest absolute Gasteiger partial charge is 0.361 e.